The largest absolute Gasteiger partial charge is 0.322 e. The van der Waals surface area contributed by atoms with Gasteiger partial charge in [0.05, 0.1) is 11.1 Å². The van der Waals surface area contributed by atoms with Gasteiger partial charge in [-0.3, -0.25) is 9.35 Å². The fourth-order valence-electron chi connectivity index (χ4n) is 1.69. The third-order valence-corrected chi connectivity index (χ3v) is 5.09. The standard InChI is InChI=1S/C13H9FN2O4S2.ClH/c1-7-10(5-12(21-7)22(18,19)20)13(17)16-9-2-3-11(14)8(4-9)6-15;/h2-5H,1H3,(H,16,17)(H,18,19,20);1H. The van der Waals surface area contributed by atoms with E-state index in [-0.39, 0.29) is 33.4 Å². The molecule has 122 valence electrons. The predicted octanol–water partition coefficient (Wildman–Crippen LogP) is 2.99. The number of carbonyl (C=O) groups excluding carboxylic acids is 1. The number of amides is 1. The van der Waals surface area contributed by atoms with Gasteiger partial charge < -0.3 is 5.32 Å². The lowest BCUT2D eigenvalue weighted by molar-refractivity contribution is 0.102. The number of rotatable bonds is 3. The SMILES string of the molecule is Cc1sc(S(=O)(=O)O)cc1C(=O)Nc1ccc(F)c(C#N)c1.Cl. The van der Waals surface area contributed by atoms with Crippen molar-refractivity contribution in [3.05, 3.63) is 46.1 Å². The molecule has 0 bridgehead atoms. The van der Waals surface area contributed by atoms with Crippen LogP contribution in [0, 0.1) is 24.1 Å². The number of aryl methyl sites for hydroxylation is 1. The van der Waals surface area contributed by atoms with Gasteiger partial charge >= 0.3 is 10.1 Å². The Kier molecular flexibility index (Phi) is 5.85. The number of thiophene rings is 1. The zero-order chi connectivity index (χ0) is 16.5. The highest BCUT2D eigenvalue weighted by molar-refractivity contribution is 7.88. The fraction of sp³-hybridized carbons (Fsp3) is 0.0769. The van der Waals surface area contributed by atoms with Crippen LogP contribution in [0.4, 0.5) is 10.1 Å². The van der Waals surface area contributed by atoms with Crippen molar-refractivity contribution >= 4 is 45.5 Å². The molecule has 0 spiro atoms. The molecule has 0 aliphatic heterocycles. The lowest BCUT2D eigenvalue weighted by atomic mass is 10.2. The van der Waals surface area contributed by atoms with Crippen LogP contribution in [0.15, 0.2) is 28.5 Å². The Hall–Kier alpha value is -1.99. The van der Waals surface area contributed by atoms with E-state index in [9.17, 15) is 17.6 Å². The van der Waals surface area contributed by atoms with Crippen LogP contribution in [-0.2, 0) is 10.1 Å². The molecule has 6 nitrogen and oxygen atoms in total. The molecule has 2 N–H and O–H groups in total. The molecule has 1 aromatic heterocycles. The summed E-state index contributed by atoms with van der Waals surface area (Å²) in [5.74, 6) is -1.33. The molecule has 10 heteroatoms. The van der Waals surface area contributed by atoms with Gasteiger partial charge in [-0.15, -0.1) is 23.7 Å². The first-order valence-electron chi connectivity index (χ1n) is 5.81. The maximum absolute atomic E-state index is 13.2. The monoisotopic (exact) mass is 376 g/mol. The van der Waals surface area contributed by atoms with Gasteiger partial charge in [-0.2, -0.15) is 13.7 Å². The van der Waals surface area contributed by atoms with Gasteiger partial charge in [0.2, 0.25) is 0 Å². The quantitative estimate of drug-likeness (QED) is 0.800. The number of benzene rings is 1. The third kappa shape index (κ3) is 4.27. The summed E-state index contributed by atoms with van der Waals surface area (Å²) < 4.78 is 43.9. The molecule has 23 heavy (non-hydrogen) atoms. The maximum Gasteiger partial charge on any atom is 0.304 e. The number of nitriles is 1. The molecule has 1 aromatic carbocycles. The minimum Gasteiger partial charge on any atom is -0.322 e. The Morgan fingerprint density at radius 3 is 2.57 bits per heavy atom. The second-order valence-corrected chi connectivity index (χ2v) is 7.18. The van der Waals surface area contributed by atoms with Crippen molar-refractivity contribution in [1.29, 1.82) is 5.26 Å². The first kappa shape index (κ1) is 19.1. The molecular formula is C13H10ClFN2O4S2. The first-order chi connectivity index (χ1) is 10.2. The summed E-state index contributed by atoms with van der Waals surface area (Å²) in [6, 6.07) is 6.18. The average Bonchev–Trinajstić information content (AvgIpc) is 2.83. The predicted molar refractivity (Wildman–Crippen MR) is 85.2 cm³/mol. The summed E-state index contributed by atoms with van der Waals surface area (Å²) in [5, 5.41) is 11.2. The molecule has 0 saturated carbocycles. The van der Waals surface area contributed by atoms with Crippen molar-refractivity contribution < 1.29 is 22.2 Å². The van der Waals surface area contributed by atoms with Crippen LogP contribution in [0.5, 0.6) is 0 Å². The molecule has 0 aliphatic carbocycles. The molecule has 0 aliphatic rings. The lowest BCUT2D eigenvalue weighted by Crippen LogP contribution is -2.12. The highest BCUT2D eigenvalue weighted by Crippen LogP contribution is 2.26. The third-order valence-electron chi connectivity index (χ3n) is 2.74. The minimum absolute atomic E-state index is 0. The second kappa shape index (κ2) is 7.06. The van der Waals surface area contributed by atoms with E-state index < -0.39 is 21.8 Å². The Morgan fingerprint density at radius 1 is 1.39 bits per heavy atom. The van der Waals surface area contributed by atoms with Crippen LogP contribution in [0.1, 0.15) is 20.8 Å². The number of carbonyl (C=O) groups is 1. The Labute approximate surface area is 141 Å². The number of nitrogens with one attached hydrogen (secondary N) is 1. The number of anilines is 1. The van der Waals surface area contributed by atoms with Crippen molar-refractivity contribution in [2.75, 3.05) is 5.32 Å². The van der Waals surface area contributed by atoms with Crippen LogP contribution in [0.2, 0.25) is 0 Å². The molecule has 0 radical (unpaired) electrons. The van der Waals surface area contributed by atoms with Crippen LogP contribution in [0.3, 0.4) is 0 Å². The zero-order valence-corrected chi connectivity index (χ0v) is 14.0. The first-order valence-corrected chi connectivity index (χ1v) is 8.07. The molecule has 0 atom stereocenters. The number of hydrogen-bond donors (Lipinski definition) is 2. The van der Waals surface area contributed by atoms with E-state index in [1.807, 2.05) is 0 Å². The van der Waals surface area contributed by atoms with Crippen LogP contribution in [0.25, 0.3) is 0 Å². The van der Waals surface area contributed by atoms with Crippen molar-refractivity contribution in [3.8, 4) is 6.07 Å². The molecule has 2 rings (SSSR count). The fourth-order valence-corrected chi connectivity index (χ4v) is 3.50. The van der Waals surface area contributed by atoms with Gasteiger partial charge in [-0.1, -0.05) is 0 Å². The summed E-state index contributed by atoms with van der Waals surface area (Å²) >= 11 is 0.759. The van der Waals surface area contributed by atoms with Crippen molar-refractivity contribution in [2.24, 2.45) is 0 Å². The van der Waals surface area contributed by atoms with E-state index in [4.69, 9.17) is 9.81 Å². The molecule has 1 heterocycles. The van der Waals surface area contributed by atoms with Crippen LogP contribution >= 0.6 is 23.7 Å². The summed E-state index contributed by atoms with van der Waals surface area (Å²) in [6.07, 6.45) is 0. The Bertz CT molecular complexity index is 903. The minimum atomic E-state index is -4.38. The van der Waals surface area contributed by atoms with E-state index in [1.54, 1.807) is 6.07 Å². The molecule has 0 saturated heterocycles. The highest BCUT2D eigenvalue weighted by Gasteiger charge is 2.20. The second-order valence-electron chi connectivity index (χ2n) is 4.27. The van der Waals surface area contributed by atoms with Gasteiger partial charge in [0.25, 0.3) is 5.91 Å². The smallest absolute Gasteiger partial charge is 0.304 e. The van der Waals surface area contributed by atoms with Crippen molar-refractivity contribution in [3.63, 3.8) is 0 Å². The number of halogens is 2. The van der Waals surface area contributed by atoms with Gasteiger partial charge in [0.15, 0.2) is 0 Å². The number of hydrogen-bond acceptors (Lipinski definition) is 5. The molecular weight excluding hydrogens is 367 g/mol. The van der Waals surface area contributed by atoms with Crippen molar-refractivity contribution in [2.45, 2.75) is 11.1 Å². The molecule has 2 aromatic rings. The van der Waals surface area contributed by atoms with E-state index in [2.05, 4.69) is 5.32 Å². The van der Waals surface area contributed by atoms with E-state index in [1.165, 1.54) is 19.1 Å². The zero-order valence-electron chi connectivity index (χ0n) is 11.5. The Balaban J connectivity index is 0.00000264. The summed E-state index contributed by atoms with van der Waals surface area (Å²) in [7, 11) is -4.38. The van der Waals surface area contributed by atoms with Gasteiger partial charge in [-0.05, 0) is 31.2 Å². The molecule has 0 fully saturated rings. The Morgan fingerprint density at radius 2 is 2.04 bits per heavy atom. The van der Waals surface area contributed by atoms with E-state index in [0.717, 1.165) is 23.5 Å². The number of nitrogens with zero attached hydrogens (tertiary/aromatic N) is 1. The van der Waals surface area contributed by atoms with Gasteiger partial charge in [-0.25, -0.2) is 4.39 Å². The van der Waals surface area contributed by atoms with E-state index >= 15 is 0 Å². The summed E-state index contributed by atoms with van der Waals surface area (Å²) in [5.41, 5.74) is 0.0425. The summed E-state index contributed by atoms with van der Waals surface area (Å²) in [6.45, 7) is 1.53. The summed E-state index contributed by atoms with van der Waals surface area (Å²) in [4.78, 5) is 12.5. The molecule has 0 unspecified atom stereocenters. The van der Waals surface area contributed by atoms with Gasteiger partial charge in [0, 0.05) is 10.6 Å². The van der Waals surface area contributed by atoms with E-state index in [0.29, 0.717) is 4.88 Å². The maximum atomic E-state index is 13.2. The van der Waals surface area contributed by atoms with Crippen LogP contribution < -0.4 is 5.32 Å². The highest BCUT2D eigenvalue weighted by atomic mass is 35.5. The normalized spacial score (nSPS) is 10.5. The molecule has 1 amide bonds. The average molecular weight is 377 g/mol. The van der Waals surface area contributed by atoms with Gasteiger partial charge in [0.1, 0.15) is 16.1 Å². The lowest BCUT2D eigenvalue weighted by Gasteiger charge is -2.05. The van der Waals surface area contributed by atoms with Crippen LogP contribution in [-0.4, -0.2) is 18.9 Å². The van der Waals surface area contributed by atoms with Crippen molar-refractivity contribution in [1.82, 2.24) is 0 Å². The topological polar surface area (TPSA) is 107 Å².